The van der Waals surface area contributed by atoms with Gasteiger partial charge in [-0.05, 0) is 23.3 Å². The van der Waals surface area contributed by atoms with Gasteiger partial charge in [0.15, 0.2) is 0 Å². The molecule has 0 aromatic heterocycles. The first kappa shape index (κ1) is 21.2. The van der Waals surface area contributed by atoms with Crippen molar-refractivity contribution < 1.29 is 0 Å². The lowest BCUT2D eigenvalue weighted by Crippen LogP contribution is -2.09. The van der Waals surface area contributed by atoms with Crippen LogP contribution in [-0.4, -0.2) is 11.3 Å². The minimum Gasteiger partial charge on any atom is -0.0654 e. The van der Waals surface area contributed by atoms with Crippen LogP contribution < -0.4 is 0 Å². The molecule has 0 aliphatic carbocycles. The van der Waals surface area contributed by atoms with Gasteiger partial charge in [-0.1, -0.05) is 120 Å². The SMILES string of the molecule is CCCCCCCCCCCCCCP(I)C(C)(C)C. The minimum atomic E-state index is 0.211. The molecule has 0 bridgehead atoms. The normalized spacial score (nSPS) is 13.7. The maximum Gasteiger partial charge on any atom is -0.00891 e. The van der Waals surface area contributed by atoms with Crippen LogP contribution >= 0.6 is 27.6 Å². The second-order valence-electron chi connectivity index (χ2n) is 7.15. The number of rotatable bonds is 13. The fourth-order valence-electron chi connectivity index (χ4n) is 2.43. The molecule has 0 rings (SSSR count). The van der Waals surface area contributed by atoms with Crippen molar-refractivity contribution in [3.05, 3.63) is 0 Å². The van der Waals surface area contributed by atoms with Gasteiger partial charge in [0.1, 0.15) is 0 Å². The van der Waals surface area contributed by atoms with Crippen LogP contribution in [0.15, 0.2) is 0 Å². The molecule has 0 saturated heterocycles. The zero-order chi connectivity index (χ0) is 15.3. The number of hydrogen-bond acceptors (Lipinski definition) is 0. The monoisotopic (exact) mass is 412 g/mol. The number of halogens is 1. The smallest absolute Gasteiger partial charge is 0.00891 e. The Kier molecular flexibility index (Phi) is 14.6. The van der Waals surface area contributed by atoms with Crippen LogP contribution in [0.5, 0.6) is 0 Å². The number of unbranched alkanes of at least 4 members (excludes halogenated alkanes) is 11. The Morgan fingerprint density at radius 2 is 1.00 bits per heavy atom. The van der Waals surface area contributed by atoms with Crippen molar-refractivity contribution in [2.75, 3.05) is 6.16 Å². The summed E-state index contributed by atoms with van der Waals surface area (Å²) in [5.74, 6) is 0. The van der Waals surface area contributed by atoms with Gasteiger partial charge in [0, 0.05) is 0 Å². The zero-order valence-electron chi connectivity index (χ0n) is 14.5. The average Bonchev–Trinajstić information content (AvgIpc) is 2.38. The van der Waals surface area contributed by atoms with Gasteiger partial charge in [-0.15, -0.1) is 0 Å². The molecule has 122 valence electrons. The maximum absolute atomic E-state index is 2.71. The summed E-state index contributed by atoms with van der Waals surface area (Å²) in [6.45, 7) is 9.48. The first-order valence-corrected chi connectivity index (χ1v) is 13.2. The van der Waals surface area contributed by atoms with Crippen molar-refractivity contribution in [2.45, 2.75) is 110 Å². The summed E-state index contributed by atoms with van der Waals surface area (Å²) in [7, 11) is 0. The third kappa shape index (κ3) is 14.1. The molecule has 1 unspecified atom stereocenters. The van der Waals surface area contributed by atoms with Crippen LogP contribution in [-0.2, 0) is 0 Å². The summed E-state index contributed by atoms with van der Waals surface area (Å²) < 4.78 is 0. The molecule has 0 N–H and O–H groups in total. The fraction of sp³-hybridized carbons (Fsp3) is 1.00. The Bertz CT molecular complexity index is 198. The van der Waals surface area contributed by atoms with E-state index in [0.29, 0.717) is 5.16 Å². The predicted molar refractivity (Wildman–Crippen MR) is 107 cm³/mol. The van der Waals surface area contributed by atoms with Gasteiger partial charge in [0.25, 0.3) is 0 Å². The highest BCUT2D eigenvalue weighted by molar-refractivity contribution is 14.2. The lowest BCUT2D eigenvalue weighted by molar-refractivity contribution is 0.548. The highest BCUT2D eigenvalue weighted by Crippen LogP contribution is 2.57. The Balaban J connectivity index is 3.14. The number of hydrogen-bond donors (Lipinski definition) is 0. The molecule has 0 radical (unpaired) electrons. The second kappa shape index (κ2) is 13.8. The Morgan fingerprint density at radius 1 is 0.650 bits per heavy atom. The zero-order valence-corrected chi connectivity index (χ0v) is 17.6. The molecule has 0 amide bonds. The van der Waals surface area contributed by atoms with Crippen molar-refractivity contribution in [3.63, 3.8) is 0 Å². The highest BCUT2D eigenvalue weighted by atomic mass is 127. The van der Waals surface area contributed by atoms with Gasteiger partial charge in [0.2, 0.25) is 0 Å². The molecule has 2 heteroatoms. The summed E-state index contributed by atoms with van der Waals surface area (Å²) in [4.78, 5) is 0. The van der Waals surface area contributed by atoms with E-state index in [1.54, 1.807) is 0 Å². The third-order valence-electron chi connectivity index (χ3n) is 3.94. The fourth-order valence-corrected chi connectivity index (χ4v) is 4.62. The Hall–Kier alpha value is 1.16. The van der Waals surface area contributed by atoms with E-state index in [9.17, 15) is 0 Å². The molecule has 0 aromatic rings. The maximum atomic E-state index is 2.71. The van der Waals surface area contributed by atoms with E-state index in [1.165, 1.54) is 83.2 Å². The van der Waals surface area contributed by atoms with Crippen molar-refractivity contribution >= 4 is 27.6 Å². The molecule has 1 atom stereocenters. The van der Waals surface area contributed by atoms with Crippen LogP contribution in [0.25, 0.3) is 0 Å². The molecule has 0 spiro atoms. The standard InChI is InChI=1S/C18H38IP/c1-5-6-7-8-9-10-11-12-13-14-15-16-17-20(19)18(2,3)4/h5-17H2,1-4H3. The highest BCUT2D eigenvalue weighted by Gasteiger charge is 2.20. The van der Waals surface area contributed by atoms with Gasteiger partial charge in [-0.3, -0.25) is 0 Å². The Morgan fingerprint density at radius 3 is 1.35 bits per heavy atom. The van der Waals surface area contributed by atoms with E-state index in [-0.39, 0.29) is 5.56 Å². The van der Waals surface area contributed by atoms with E-state index in [2.05, 4.69) is 49.7 Å². The molecule has 0 aliphatic heterocycles. The second-order valence-corrected chi connectivity index (χ2v) is 13.2. The molecule has 20 heavy (non-hydrogen) atoms. The van der Waals surface area contributed by atoms with E-state index in [0.717, 1.165) is 0 Å². The van der Waals surface area contributed by atoms with Gasteiger partial charge >= 0.3 is 0 Å². The van der Waals surface area contributed by atoms with Gasteiger partial charge in [-0.2, -0.15) is 0 Å². The van der Waals surface area contributed by atoms with Gasteiger partial charge in [0.05, 0.1) is 0 Å². The molecule has 0 aliphatic rings. The van der Waals surface area contributed by atoms with Crippen LogP contribution in [0.2, 0.25) is 0 Å². The molecule has 0 aromatic carbocycles. The quantitative estimate of drug-likeness (QED) is 0.162. The summed E-state index contributed by atoms with van der Waals surface area (Å²) in [5, 5.41) is 0.549. The van der Waals surface area contributed by atoms with Gasteiger partial charge < -0.3 is 0 Å². The minimum absolute atomic E-state index is 0.211. The van der Waals surface area contributed by atoms with Crippen LogP contribution in [0.4, 0.5) is 0 Å². The van der Waals surface area contributed by atoms with Crippen LogP contribution in [0.1, 0.15) is 105 Å². The first-order chi connectivity index (χ1) is 9.48. The van der Waals surface area contributed by atoms with E-state index in [4.69, 9.17) is 0 Å². The molecule has 0 saturated carbocycles. The molecule has 0 fully saturated rings. The summed E-state index contributed by atoms with van der Waals surface area (Å²) in [5.41, 5.74) is 0.211. The lowest BCUT2D eigenvalue weighted by atomic mass is 10.1. The van der Waals surface area contributed by atoms with Crippen molar-refractivity contribution in [3.8, 4) is 0 Å². The average molecular weight is 412 g/mol. The van der Waals surface area contributed by atoms with Crippen LogP contribution in [0.3, 0.4) is 0 Å². The lowest BCUT2D eigenvalue weighted by Gasteiger charge is -2.25. The Labute approximate surface area is 143 Å². The van der Waals surface area contributed by atoms with Crippen molar-refractivity contribution in [1.82, 2.24) is 0 Å². The van der Waals surface area contributed by atoms with Crippen molar-refractivity contribution in [1.29, 1.82) is 0 Å². The summed E-state index contributed by atoms with van der Waals surface area (Å²) in [6, 6.07) is 0. The third-order valence-corrected chi connectivity index (χ3v) is 11.9. The molecular formula is C18H38IP. The topological polar surface area (TPSA) is 0 Å². The van der Waals surface area contributed by atoms with E-state index in [1.807, 2.05) is 0 Å². The summed E-state index contributed by atoms with van der Waals surface area (Å²) >= 11 is 2.71. The largest absolute Gasteiger partial charge is 0.0654 e. The predicted octanol–water partition coefficient (Wildman–Crippen LogP) is 8.32. The van der Waals surface area contributed by atoms with E-state index >= 15 is 0 Å². The van der Waals surface area contributed by atoms with Crippen molar-refractivity contribution in [2.24, 2.45) is 0 Å². The summed E-state index contributed by atoms with van der Waals surface area (Å²) in [6.07, 6.45) is 19.0. The van der Waals surface area contributed by atoms with Gasteiger partial charge in [-0.25, -0.2) is 0 Å². The van der Waals surface area contributed by atoms with E-state index < -0.39 is 0 Å². The molecular weight excluding hydrogens is 374 g/mol. The molecule has 0 nitrogen and oxygen atoms in total. The van der Waals surface area contributed by atoms with Crippen LogP contribution in [0, 0.1) is 0 Å². The molecule has 0 heterocycles. The first-order valence-electron chi connectivity index (χ1n) is 8.92.